The number of nitrogens with zero attached hydrogens (tertiary/aromatic N) is 10. The van der Waals surface area contributed by atoms with Crippen LogP contribution in [0.3, 0.4) is 0 Å². The van der Waals surface area contributed by atoms with E-state index in [1.165, 1.54) is 97.0 Å². The molecule has 11 nitrogen and oxygen atoms in total. The highest BCUT2D eigenvalue weighted by Gasteiger charge is 2.41. The molecule has 0 N–H and O–H groups in total. The molecule has 0 amide bonds. The van der Waals surface area contributed by atoms with E-state index in [4.69, 9.17) is 34.3 Å². The maximum Gasteiger partial charge on any atom is 0.238 e. The summed E-state index contributed by atoms with van der Waals surface area (Å²) in [5.74, 6) is 1.97. The second-order valence-corrected chi connectivity index (χ2v) is 34.5. The lowest BCUT2D eigenvalue weighted by atomic mass is 9.84. The van der Waals surface area contributed by atoms with Crippen LogP contribution in [0.1, 0.15) is 25.1 Å². The zero-order valence-electron chi connectivity index (χ0n) is 69.5. The molecule has 0 fully saturated rings. The number of benzene rings is 17. The smallest absolute Gasteiger partial charge is 0.238 e. The molecule has 128 heavy (non-hydrogen) atoms. The fourth-order valence-corrected chi connectivity index (χ4v) is 20.6. The zero-order chi connectivity index (χ0) is 84.7. The van der Waals surface area contributed by atoms with Gasteiger partial charge in [-0.25, -0.2) is 24.9 Å². The standard InChI is InChI=1S/C41H29N3.C38H23N3O.C37H22N4S/c1-41(2)34-24-30(26-13-5-3-6-14-26)21-22-32(34)37-38(27-15-7-4-8-16-27)42-40(43-39(37)41)44-35-20-12-11-19-31(35)33-23-28-17-9-10-18-29(28)25-36(33)44;1-3-11-24(12-4-1)28-19-20-30-34(23-28)42-37-35(30)36(25-13-5-2-6-14-25)39-38(40-37)41-32-18-10-9-17-29(32)31-21-26-15-7-8-16-27(26)22-33(31)41;1-2-8-24(9-3-1)35-34-30-21-27(23-16-18-38-19-17-23)14-15-33(30)42-36(34)40-37(39-35)41-31-13-7-6-12-28(31)29-20-25-10-4-5-11-26(25)22-32(29)41/h3-25H,1-2H3;1-23H;1-22H. The molecule has 0 atom stereocenters. The third-order valence-electron chi connectivity index (χ3n) is 25.7. The SMILES string of the molecule is CC1(C)c2cc(-c3ccccc3)ccc2-c2c(-c3ccccc3)nc(-n3c4ccccc4c4cc5ccccc5cc43)nc21.c1ccc(-c2ccc3c(c2)oc2nc(-n4c5ccccc5c5cc6ccccc6cc54)nc(-c4ccccc4)c23)cc1.c1ccc(-c2nc(-n3c4ccccc4c4cc5ccccc5cc43)nc3sc4ccc(-c5ccncc5)cc4c23)cc1. The van der Waals surface area contributed by atoms with Gasteiger partial charge in [-0.15, -0.1) is 11.3 Å². The Morgan fingerprint density at radius 1 is 0.266 bits per heavy atom. The average molecular weight is 1660 g/mol. The molecule has 0 radical (unpaired) electrons. The highest BCUT2D eigenvalue weighted by molar-refractivity contribution is 7.25. The van der Waals surface area contributed by atoms with Crippen molar-refractivity contribution in [3.8, 4) is 96.1 Å². The molecular weight excluding hydrogens is 1580 g/mol. The molecule has 0 saturated heterocycles. The summed E-state index contributed by atoms with van der Waals surface area (Å²) in [5.41, 5.74) is 25.2. The van der Waals surface area contributed by atoms with Gasteiger partial charge in [-0.3, -0.25) is 18.7 Å². The van der Waals surface area contributed by atoms with Gasteiger partial charge in [-0.2, -0.15) is 4.98 Å². The predicted octanol–water partition coefficient (Wildman–Crippen LogP) is 30.2. The van der Waals surface area contributed by atoms with Gasteiger partial charge in [0, 0.05) is 93.2 Å². The van der Waals surface area contributed by atoms with Crippen LogP contribution in [-0.2, 0) is 5.41 Å². The van der Waals surface area contributed by atoms with E-state index in [2.05, 4.69) is 403 Å². The summed E-state index contributed by atoms with van der Waals surface area (Å²) in [6, 6.07) is 141. The predicted molar refractivity (Wildman–Crippen MR) is 530 cm³/mol. The van der Waals surface area contributed by atoms with Crippen LogP contribution in [0, 0.1) is 0 Å². The zero-order valence-corrected chi connectivity index (χ0v) is 70.4. The number of fused-ring (bicyclic) bond motifs is 21. The van der Waals surface area contributed by atoms with Crippen molar-refractivity contribution in [2.24, 2.45) is 0 Å². The number of aromatic nitrogens is 10. The van der Waals surface area contributed by atoms with Gasteiger partial charge in [0.15, 0.2) is 0 Å². The Labute approximate surface area is 738 Å². The van der Waals surface area contributed by atoms with Crippen LogP contribution in [0.5, 0.6) is 0 Å². The molecule has 17 aromatic carbocycles. The van der Waals surface area contributed by atoms with Crippen LogP contribution in [0.4, 0.5) is 0 Å². The fourth-order valence-electron chi connectivity index (χ4n) is 19.6. The van der Waals surface area contributed by atoms with Crippen molar-refractivity contribution < 1.29 is 4.42 Å². The van der Waals surface area contributed by atoms with Gasteiger partial charge in [0.2, 0.25) is 23.6 Å². The molecule has 0 spiro atoms. The third kappa shape index (κ3) is 12.2. The molecule has 26 aromatic rings. The lowest BCUT2D eigenvalue weighted by molar-refractivity contribution is 0.633. The molecule has 12 heteroatoms. The van der Waals surface area contributed by atoms with E-state index >= 15 is 0 Å². The van der Waals surface area contributed by atoms with E-state index in [1.54, 1.807) is 11.3 Å². The number of hydrogen-bond acceptors (Lipinski definition) is 9. The molecule has 1 aliphatic carbocycles. The largest absolute Gasteiger partial charge is 0.437 e. The Balaban J connectivity index is 0.000000104. The summed E-state index contributed by atoms with van der Waals surface area (Å²) in [6.45, 7) is 4.61. The van der Waals surface area contributed by atoms with Crippen molar-refractivity contribution in [3.63, 3.8) is 0 Å². The summed E-state index contributed by atoms with van der Waals surface area (Å²) >= 11 is 1.72. The molecule has 0 aliphatic heterocycles. The first-order chi connectivity index (χ1) is 63.2. The van der Waals surface area contributed by atoms with E-state index in [0.717, 1.165) is 127 Å². The summed E-state index contributed by atoms with van der Waals surface area (Å²) in [4.78, 5) is 37.1. The quantitative estimate of drug-likeness (QED) is 0.140. The number of furan rings is 1. The summed E-state index contributed by atoms with van der Waals surface area (Å²) < 4.78 is 14.4. The Hall–Kier alpha value is -16.7. The third-order valence-corrected chi connectivity index (χ3v) is 26.7. The van der Waals surface area contributed by atoms with Crippen molar-refractivity contribution >= 4 is 151 Å². The lowest BCUT2D eigenvalue weighted by Gasteiger charge is -2.22. The van der Waals surface area contributed by atoms with Crippen LogP contribution in [0.15, 0.2) is 417 Å². The number of thiophene rings is 1. The second-order valence-electron chi connectivity index (χ2n) is 33.5. The minimum Gasteiger partial charge on any atom is -0.437 e. The second kappa shape index (κ2) is 29.8. The summed E-state index contributed by atoms with van der Waals surface area (Å²) in [7, 11) is 0. The number of pyridine rings is 1. The topological polar surface area (TPSA) is 118 Å². The molecule has 9 heterocycles. The molecule has 600 valence electrons. The minimum atomic E-state index is -0.317. The van der Waals surface area contributed by atoms with Gasteiger partial charge in [-0.1, -0.05) is 317 Å². The summed E-state index contributed by atoms with van der Waals surface area (Å²) in [6.07, 6.45) is 3.68. The normalized spacial score (nSPS) is 12.4. The van der Waals surface area contributed by atoms with Gasteiger partial charge < -0.3 is 4.42 Å². The summed E-state index contributed by atoms with van der Waals surface area (Å²) in [5, 5.41) is 18.6. The maximum absolute atomic E-state index is 6.55. The molecule has 1 aliphatic rings. The molecular formula is C116H74N10OS. The monoisotopic (exact) mass is 1650 g/mol. The van der Waals surface area contributed by atoms with E-state index in [9.17, 15) is 0 Å². The van der Waals surface area contributed by atoms with Gasteiger partial charge in [0.05, 0.1) is 61.3 Å². The number of para-hydroxylation sites is 3. The van der Waals surface area contributed by atoms with Crippen molar-refractivity contribution in [1.82, 2.24) is 48.6 Å². The van der Waals surface area contributed by atoms with Crippen LogP contribution in [0.2, 0.25) is 0 Å². The first-order valence-corrected chi connectivity index (χ1v) is 44.0. The first-order valence-electron chi connectivity index (χ1n) is 43.2. The number of hydrogen-bond donors (Lipinski definition) is 0. The van der Waals surface area contributed by atoms with Gasteiger partial charge in [0.1, 0.15) is 10.4 Å². The average Bonchev–Trinajstić information content (AvgIpc) is 1.52. The highest BCUT2D eigenvalue weighted by atomic mass is 32.1. The molecule has 0 unspecified atom stereocenters. The van der Waals surface area contributed by atoms with Crippen LogP contribution in [0.25, 0.3) is 236 Å². The first kappa shape index (κ1) is 74.0. The maximum atomic E-state index is 6.55. The van der Waals surface area contributed by atoms with Crippen molar-refractivity contribution in [3.05, 3.63) is 424 Å². The Bertz CT molecular complexity index is 8810. The minimum absolute atomic E-state index is 0.317. The van der Waals surface area contributed by atoms with E-state index in [-0.39, 0.29) is 5.41 Å². The van der Waals surface area contributed by atoms with E-state index in [0.29, 0.717) is 23.6 Å². The van der Waals surface area contributed by atoms with Crippen molar-refractivity contribution in [2.75, 3.05) is 0 Å². The molecule has 0 saturated carbocycles. The Morgan fingerprint density at radius 2 is 0.648 bits per heavy atom. The van der Waals surface area contributed by atoms with Gasteiger partial charge in [-0.05, 0) is 174 Å². The number of rotatable bonds is 9. The van der Waals surface area contributed by atoms with E-state index in [1.807, 2.05) is 42.7 Å². The molecule has 0 bridgehead atoms. The Kier molecular flexibility index (Phi) is 17.2. The lowest BCUT2D eigenvalue weighted by Crippen LogP contribution is -2.19. The van der Waals surface area contributed by atoms with Crippen molar-refractivity contribution in [1.29, 1.82) is 0 Å². The fraction of sp³-hybridized carbons (Fsp3) is 0.0259. The van der Waals surface area contributed by atoms with Crippen LogP contribution >= 0.6 is 11.3 Å². The molecule has 9 aromatic heterocycles. The van der Waals surface area contributed by atoms with Gasteiger partial charge >= 0.3 is 0 Å². The van der Waals surface area contributed by atoms with Crippen molar-refractivity contribution in [2.45, 2.75) is 19.3 Å². The van der Waals surface area contributed by atoms with Crippen LogP contribution < -0.4 is 0 Å². The Morgan fingerprint density at radius 3 is 1.15 bits per heavy atom. The van der Waals surface area contributed by atoms with Gasteiger partial charge in [0.25, 0.3) is 0 Å². The highest BCUT2D eigenvalue weighted by Crippen LogP contribution is 2.53. The molecule has 27 rings (SSSR count). The van der Waals surface area contributed by atoms with E-state index < -0.39 is 0 Å². The van der Waals surface area contributed by atoms with Crippen LogP contribution in [-0.4, -0.2) is 48.6 Å².